The van der Waals surface area contributed by atoms with Crippen LogP contribution in [0.4, 0.5) is 5.69 Å². The highest BCUT2D eigenvalue weighted by atomic mass is 16.4. The molecule has 1 atom stereocenters. The van der Waals surface area contributed by atoms with E-state index in [4.69, 9.17) is 4.42 Å². The molecule has 2 heterocycles. The predicted molar refractivity (Wildman–Crippen MR) is 94.3 cm³/mol. The van der Waals surface area contributed by atoms with Crippen LogP contribution in [0.1, 0.15) is 62.3 Å². The molecule has 2 amide bonds. The molecule has 0 spiro atoms. The third kappa shape index (κ3) is 3.34. The van der Waals surface area contributed by atoms with Crippen LogP contribution in [0.15, 0.2) is 34.7 Å². The van der Waals surface area contributed by atoms with Gasteiger partial charge in [-0.05, 0) is 44.2 Å². The zero-order valence-electron chi connectivity index (χ0n) is 14.6. The molecule has 2 fully saturated rings. The van der Waals surface area contributed by atoms with Gasteiger partial charge in [0.25, 0.3) is 0 Å². The first-order valence-corrected chi connectivity index (χ1v) is 9.22. The number of benzene rings is 1. The summed E-state index contributed by atoms with van der Waals surface area (Å²) in [6.07, 6.45) is 5.91. The van der Waals surface area contributed by atoms with Gasteiger partial charge in [0.05, 0.1) is 0 Å². The number of anilines is 1. The van der Waals surface area contributed by atoms with Crippen molar-refractivity contribution in [3.05, 3.63) is 42.1 Å². The summed E-state index contributed by atoms with van der Waals surface area (Å²) in [5.41, 5.74) is 0.601. The third-order valence-corrected chi connectivity index (χ3v) is 5.19. The molecule has 1 aliphatic carbocycles. The molecule has 1 saturated carbocycles. The number of nitrogens with zero attached hydrogens (tertiary/aromatic N) is 3. The van der Waals surface area contributed by atoms with Crippen LogP contribution in [0.3, 0.4) is 0 Å². The monoisotopic (exact) mass is 354 g/mol. The van der Waals surface area contributed by atoms with Gasteiger partial charge in [0.2, 0.25) is 11.8 Å². The molecule has 7 heteroatoms. The molecule has 2 aliphatic rings. The van der Waals surface area contributed by atoms with Crippen molar-refractivity contribution >= 4 is 17.5 Å². The maximum Gasteiger partial charge on any atom is 0.313 e. The lowest BCUT2D eigenvalue weighted by atomic mass is 9.85. The molecule has 1 aliphatic heterocycles. The molecular formula is C19H22N4O3. The summed E-state index contributed by atoms with van der Waals surface area (Å²) in [5.74, 6) is 0.277. The maximum absolute atomic E-state index is 12.7. The van der Waals surface area contributed by atoms with Crippen molar-refractivity contribution in [1.82, 2.24) is 15.1 Å². The molecule has 0 unspecified atom stereocenters. The first-order valence-electron chi connectivity index (χ1n) is 9.22. The fraction of sp³-hybridized carbons (Fsp3) is 0.474. The van der Waals surface area contributed by atoms with Crippen LogP contribution >= 0.6 is 0 Å². The van der Waals surface area contributed by atoms with Gasteiger partial charge in [0, 0.05) is 18.2 Å². The lowest BCUT2D eigenvalue weighted by Gasteiger charge is -2.33. The van der Waals surface area contributed by atoms with Crippen LogP contribution in [0.25, 0.3) is 0 Å². The number of amides is 2. The smallest absolute Gasteiger partial charge is 0.313 e. The van der Waals surface area contributed by atoms with Gasteiger partial charge in [0.15, 0.2) is 0 Å². The summed E-state index contributed by atoms with van der Waals surface area (Å²) in [7, 11) is 0. The van der Waals surface area contributed by atoms with Crippen molar-refractivity contribution in [2.75, 3.05) is 11.9 Å². The van der Waals surface area contributed by atoms with Crippen molar-refractivity contribution in [3.63, 3.8) is 0 Å². The highest BCUT2D eigenvalue weighted by Crippen LogP contribution is 2.37. The number of piperidine rings is 1. The summed E-state index contributed by atoms with van der Waals surface area (Å²) in [6.45, 7) is 0.521. The second kappa shape index (κ2) is 7.27. The molecule has 1 saturated heterocycles. The summed E-state index contributed by atoms with van der Waals surface area (Å²) in [4.78, 5) is 26.7. The van der Waals surface area contributed by atoms with Gasteiger partial charge < -0.3 is 14.6 Å². The van der Waals surface area contributed by atoms with Crippen molar-refractivity contribution < 1.29 is 14.0 Å². The Labute approximate surface area is 151 Å². The Bertz CT molecular complexity index is 785. The first-order chi connectivity index (χ1) is 12.7. The van der Waals surface area contributed by atoms with Crippen LogP contribution in [-0.4, -0.2) is 33.5 Å². The molecule has 4 rings (SSSR count). The summed E-state index contributed by atoms with van der Waals surface area (Å²) in [6, 6.07) is 8.66. The molecule has 1 aromatic carbocycles. The molecule has 26 heavy (non-hydrogen) atoms. The number of hydrogen-bond acceptors (Lipinski definition) is 5. The van der Waals surface area contributed by atoms with Crippen LogP contribution in [0.2, 0.25) is 0 Å². The van der Waals surface area contributed by atoms with Crippen LogP contribution in [0.5, 0.6) is 0 Å². The fourth-order valence-electron chi connectivity index (χ4n) is 3.47. The van der Waals surface area contributed by atoms with E-state index in [-0.39, 0.29) is 6.04 Å². The van der Waals surface area contributed by atoms with Crippen molar-refractivity contribution in [2.45, 2.75) is 50.5 Å². The number of carbonyl (C=O) groups excluding carboxylic acids is 2. The topological polar surface area (TPSA) is 88.3 Å². The Kier molecular flexibility index (Phi) is 4.69. The SMILES string of the molecule is O=C(Nc1ccccc1)C(=O)N1CCCC[C@@H]1c1nnc(C2CCC2)o1. The van der Waals surface area contributed by atoms with Crippen molar-refractivity contribution in [2.24, 2.45) is 0 Å². The Morgan fingerprint density at radius 2 is 1.77 bits per heavy atom. The normalized spacial score (nSPS) is 20.5. The van der Waals surface area contributed by atoms with Crippen LogP contribution in [0, 0.1) is 0 Å². The summed E-state index contributed by atoms with van der Waals surface area (Å²) >= 11 is 0. The number of rotatable bonds is 3. The zero-order valence-corrected chi connectivity index (χ0v) is 14.6. The van der Waals surface area contributed by atoms with E-state index in [9.17, 15) is 9.59 Å². The van der Waals surface area contributed by atoms with Gasteiger partial charge in [-0.25, -0.2) is 0 Å². The molecular weight excluding hydrogens is 332 g/mol. The third-order valence-electron chi connectivity index (χ3n) is 5.19. The highest BCUT2D eigenvalue weighted by molar-refractivity contribution is 6.39. The van der Waals surface area contributed by atoms with Crippen LogP contribution < -0.4 is 5.32 Å². The fourth-order valence-corrected chi connectivity index (χ4v) is 3.47. The minimum atomic E-state index is -0.637. The van der Waals surface area contributed by atoms with E-state index in [0.717, 1.165) is 32.1 Å². The number of likely N-dealkylation sites (tertiary alicyclic amines) is 1. The Balaban J connectivity index is 1.48. The van der Waals surface area contributed by atoms with Gasteiger partial charge in [-0.1, -0.05) is 24.6 Å². The minimum Gasteiger partial charge on any atom is -0.423 e. The highest BCUT2D eigenvalue weighted by Gasteiger charge is 2.36. The Morgan fingerprint density at radius 3 is 2.50 bits per heavy atom. The van der Waals surface area contributed by atoms with Gasteiger partial charge in [-0.2, -0.15) is 0 Å². The standard InChI is InChI=1S/C19H22N4O3/c24-16(20-14-9-2-1-3-10-14)19(25)23-12-5-4-11-15(23)18-22-21-17(26-18)13-7-6-8-13/h1-3,9-10,13,15H,4-8,11-12H2,(H,20,24)/t15-/m1/s1. The van der Waals surface area contributed by atoms with E-state index in [2.05, 4.69) is 15.5 Å². The predicted octanol–water partition coefficient (Wildman–Crippen LogP) is 3.03. The lowest BCUT2D eigenvalue weighted by molar-refractivity contribution is -0.146. The summed E-state index contributed by atoms with van der Waals surface area (Å²) < 4.78 is 5.86. The Hall–Kier alpha value is -2.70. The molecule has 0 bridgehead atoms. The van der Waals surface area contributed by atoms with E-state index in [1.807, 2.05) is 18.2 Å². The van der Waals surface area contributed by atoms with Gasteiger partial charge in [-0.3, -0.25) is 9.59 Å². The van der Waals surface area contributed by atoms with Crippen LogP contribution in [-0.2, 0) is 9.59 Å². The average molecular weight is 354 g/mol. The molecule has 7 nitrogen and oxygen atoms in total. The lowest BCUT2D eigenvalue weighted by Crippen LogP contribution is -2.44. The number of aromatic nitrogens is 2. The first kappa shape index (κ1) is 16.8. The number of carbonyl (C=O) groups is 2. The molecule has 1 N–H and O–H groups in total. The van der Waals surface area contributed by atoms with Crippen molar-refractivity contribution in [1.29, 1.82) is 0 Å². The summed E-state index contributed by atoms with van der Waals surface area (Å²) in [5, 5.41) is 11.0. The van der Waals surface area contributed by atoms with E-state index in [0.29, 0.717) is 29.9 Å². The van der Waals surface area contributed by atoms with E-state index in [1.165, 1.54) is 6.42 Å². The minimum absolute atomic E-state index is 0.320. The van der Waals surface area contributed by atoms with E-state index < -0.39 is 11.8 Å². The Morgan fingerprint density at radius 1 is 1.00 bits per heavy atom. The molecule has 1 aromatic heterocycles. The second-order valence-corrected chi connectivity index (χ2v) is 6.94. The molecule has 0 radical (unpaired) electrons. The average Bonchev–Trinajstić information content (AvgIpc) is 3.09. The molecule has 2 aromatic rings. The van der Waals surface area contributed by atoms with E-state index in [1.54, 1.807) is 17.0 Å². The zero-order chi connectivity index (χ0) is 17.9. The quantitative estimate of drug-likeness (QED) is 0.856. The number of hydrogen-bond donors (Lipinski definition) is 1. The number of para-hydroxylation sites is 1. The largest absolute Gasteiger partial charge is 0.423 e. The second-order valence-electron chi connectivity index (χ2n) is 6.94. The molecule has 136 valence electrons. The van der Waals surface area contributed by atoms with Gasteiger partial charge in [0.1, 0.15) is 6.04 Å². The van der Waals surface area contributed by atoms with Gasteiger partial charge >= 0.3 is 11.8 Å². The van der Waals surface area contributed by atoms with Crippen molar-refractivity contribution in [3.8, 4) is 0 Å². The van der Waals surface area contributed by atoms with Gasteiger partial charge in [-0.15, -0.1) is 10.2 Å². The van der Waals surface area contributed by atoms with E-state index >= 15 is 0 Å². The number of nitrogens with one attached hydrogen (secondary N) is 1. The maximum atomic E-state index is 12.7.